The third-order valence-corrected chi connectivity index (χ3v) is 7.03. The third-order valence-electron chi connectivity index (χ3n) is 7.03. The first-order valence-corrected chi connectivity index (χ1v) is 12.7. The Balaban J connectivity index is 1.53. The highest BCUT2D eigenvalue weighted by Crippen LogP contribution is 2.51. The molecule has 7 rings (SSSR count). The number of fused-ring (bicyclic) bond motifs is 3. The Hall–Kier alpha value is -5.16. The molecule has 0 N–H and O–H groups in total. The normalized spacial score (nSPS) is 12.0. The first kappa shape index (κ1) is 23.0. The number of rotatable bonds is 4. The largest absolute Gasteiger partial charge is 0.497 e. The number of benzene rings is 5. The maximum absolute atomic E-state index is 13.8. The lowest BCUT2D eigenvalue weighted by atomic mass is 9.97. The van der Waals surface area contributed by atoms with Crippen molar-refractivity contribution in [2.24, 2.45) is 0 Å². The lowest BCUT2D eigenvalue weighted by Gasteiger charge is -2.33. The van der Waals surface area contributed by atoms with E-state index >= 15 is 0 Å². The Morgan fingerprint density at radius 1 is 0.667 bits per heavy atom. The molecule has 188 valence electrons. The van der Waals surface area contributed by atoms with Gasteiger partial charge in [-0.05, 0) is 83.9 Å². The molecule has 0 bridgehead atoms. The van der Waals surface area contributed by atoms with E-state index in [1.165, 1.54) is 12.1 Å². The van der Waals surface area contributed by atoms with Gasteiger partial charge in [-0.15, -0.1) is 0 Å². The molecule has 0 saturated carbocycles. The number of aromatic nitrogens is 1. The van der Waals surface area contributed by atoms with Crippen LogP contribution in [-0.2, 0) is 0 Å². The second-order valence-corrected chi connectivity index (χ2v) is 9.34. The summed E-state index contributed by atoms with van der Waals surface area (Å²) in [4.78, 5) is 7.39. The van der Waals surface area contributed by atoms with Crippen molar-refractivity contribution < 1.29 is 13.9 Å². The highest BCUT2D eigenvalue weighted by Gasteiger charge is 2.27. The molecule has 5 heteroatoms. The van der Waals surface area contributed by atoms with Crippen LogP contribution in [0, 0.1) is 5.82 Å². The topological polar surface area (TPSA) is 34.6 Å². The van der Waals surface area contributed by atoms with Crippen LogP contribution < -0.4 is 14.4 Å². The van der Waals surface area contributed by atoms with Gasteiger partial charge in [0.05, 0.1) is 35.4 Å². The maximum atomic E-state index is 13.8. The molecule has 0 spiro atoms. The van der Waals surface area contributed by atoms with E-state index in [4.69, 9.17) is 14.5 Å². The van der Waals surface area contributed by atoms with Gasteiger partial charge >= 0.3 is 0 Å². The average Bonchev–Trinajstić information content (AvgIpc) is 2.99. The van der Waals surface area contributed by atoms with Gasteiger partial charge < -0.3 is 14.4 Å². The molecule has 39 heavy (non-hydrogen) atoms. The molecule has 0 amide bonds. The fraction of sp³-hybridized carbons (Fsp3) is 0.0294. The molecule has 0 radical (unpaired) electrons. The van der Waals surface area contributed by atoms with Crippen molar-refractivity contribution in [1.29, 1.82) is 0 Å². The summed E-state index contributed by atoms with van der Waals surface area (Å²) >= 11 is 0. The summed E-state index contributed by atoms with van der Waals surface area (Å²) in [7, 11) is 1.66. The van der Waals surface area contributed by atoms with Crippen LogP contribution in [0.1, 0.15) is 0 Å². The SMILES string of the molecule is COc1ccc(-c2cc(-c3ccc(F)cc3)nc3c(N4c5ccccc5Oc5ccccc54)cccc23)cc1. The molecular formula is C34H23FN2O2. The van der Waals surface area contributed by atoms with Gasteiger partial charge in [0.15, 0.2) is 11.5 Å². The number of ether oxygens (including phenoxy) is 2. The van der Waals surface area contributed by atoms with E-state index in [2.05, 4.69) is 41.3 Å². The maximum Gasteiger partial charge on any atom is 0.151 e. The molecule has 1 aliphatic heterocycles. The molecule has 0 unspecified atom stereocenters. The molecular weight excluding hydrogens is 487 g/mol. The number of para-hydroxylation sites is 5. The Kier molecular flexibility index (Phi) is 5.48. The molecule has 1 aromatic heterocycles. The van der Waals surface area contributed by atoms with Gasteiger partial charge in [-0.25, -0.2) is 9.37 Å². The van der Waals surface area contributed by atoms with Crippen molar-refractivity contribution in [1.82, 2.24) is 4.98 Å². The lowest BCUT2D eigenvalue weighted by Crippen LogP contribution is -2.16. The van der Waals surface area contributed by atoms with Gasteiger partial charge in [-0.2, -0.15) is 0 Å². The minimum Gasteiger partial charge on any atom is -0.497 e. The van der Waals surface area contributed by atoms with E-state index in [1.54, 1.807) is 19.2 Å². The summed E-state index contributed by atoms with van der Waals surface area (Å²) in [5, 5.41) is 1.00. The fourth-order valence-electron chi connectivity index (χ4n) is 5.16. The standard InChI is InChI=1S/C34H23FN2O2/c1-38-25-19-15-22(16-20-25)27-21-28(23-13-17-24(35)18-14-23)36-34-26(27)7-6-10-31(34)37-29-8-2-4-11-32(29)39-33-12-5-3-9-30(33)37/h2-21H,1H3. The molecule has 0 fully saturated rings. The molecule has 2 heterocycles. The van der Waals surface area contributed by atoms with Crippen molar-refractivity contribution >= 4 is 28.0 Å². The second-order valence-electron chi connectivity index (χ2n) is 9.34. The predicted molar refractivity (Wildman–Crippen MR) is 154 cm³/mol. The van der Waals surface area contributed by atoms with E-state index in [-0.39, 0.29) is 5.82 Å². The van der Waals surface area contributed by atoms with Crippen molar-refractivity contribution in [3.8, 4) is 39.6 Å². The number of methoxy groups -OCH3 is 1. The Labute approximate surface area is 225 Å². The van der Waals surface area contributed by atoms with Crippen molar-refractivity contribution in [2.75, 3.05) is 12.0 Å². The molecule has 0 atom stereocenters. The van der Waals surface area contributed by atoms with E-state index in [0.29, 0.717) is 0 Å². The summed E-state index contributed by atoms with van der Waals surface area (Å²) < 4.78 is 25.5. The molecule has 0 aliphatic carbocycles. The molecule has 6 aromatic rings. The Morgan fingerprint density at radius 2 is 1.28 bits per heavy atom. The number of hydrogen-bond acceptors (Lipinski definition) is 4. The van der Waals surface area contributed by atoms with Gasteiger partial charge in [0.1, 0.15) is 11.6 Å². The molecule has 1 aliphatic rings. The van der Waals surface area contributed by atoms with Crippen molar-refractivity contribution in [3.05, 3.63) is 127 Å². The van der Waals surface area contributed by atoms with E-state index in [0.717, 1.165) is 67.6 Å². The number of anilines is 3. The van der Waals surface area contributed by atoms with Crippen LogP contribution in [0.15, 0.2) is 121 Å². The molecule has 5 aromatic carbocycles. The van der Waals surface area contributed by atoms with E-state index in [1.807, 2.05) is 60.7 Å². The first-order chi connectivity index (χ1) is 19.2. The number of hydrogen-bond donors (Lipinski definition) is 0. The average molecular weight is 511 g/mol. The van der Waals surface area contributed by atoms with Gasteiger partial charge in [-0.3, -0.25) is 0 Å². The minimum atomic E-state index is -0.280. The fourth-order valence-corrected chi connectivity index (χ4v) is 5.16. The van der Waals surface area contributed by atoms with Gasteiger partial charge in [0.2, 0.25) is 0 Å². The zero-order valence-corrected chi connectivity index (χ0v) is 21.1. The smallest absolute Gasteiger partial charge is 0.151 e. The summed E-state index contributed by atoms with van der Waals surface area (Å²) in [6, 6.07) is 38.8. The first-order valence-electron chi connectivity index (χ1n) is 12.7. The quantitative estimate of drug-likeness (QED) is 0.236. The highest BCUT2D eigenvalue weighted by molar-refractivity contribution is 6.05. The van der Waals surface area contributed by atoms with Crippen LogP contribution in [-0.4, -0.2) is 12.1 Å². The van der Waals surface area contributed by atoms with Gasteiger partial charge in [0.25, 0.3) is 0 Å². The minimum absolute atomic E-state index is 0.280. The lowest BCUT2D eigenvalue weighted by molar-refractivity contribution is 0.415. The van der Waals surface area contributed by atoms with E-state index < -0.39 is 0 Å². The van der Waals surface area contributed by atoms with Crippen molar-refractivity contribution in [2.45, 2.75) is 0 Å². The Morgan fingerprint density at radius 3 is 1.95 bits per heavy atom. The highest BCUT2D eigenvalue weighted by atomic mass is 19.1. The summed E-state index contributed by atoms with van der Waals surface area (Å²) in [6.07, 6.45) is 0. The molecule has 0 saturated heterocycles. The zero-order valence-electron chi connectivity index (χ0n) is 21.1. The summed E-state index contributed by atoms with van der Waals surface area (Å²) in [5.41, 5.74) is 7.28. The van der Waals surface area contributed by atoms with Crippen LogP contribution in [0.5, 0.6) is 17.2 Å². The van der Waals surface area contributed by atoms with Crippen molar-refractivity contribution in [3.63, 3.8) is 0 Å². The second kappa shape index (κ2) is 9.30. The van der Waals surface area contributed by atoms with Gasteiger partial charge in [-0.1, -0.05) is 48.5 Å². The Bertz CT molecular complexity index is 1790. The van der Waals surface area contributed by atoms with Crippen LogP contribution in [0.4, 0.5) is 21.5 Å². The summed E-state index contributed by atoms with van der Waals surface area (Å²) in [5.74, 6) is 2.06. The number of pyridine rings is 1. The molecule has 4 nitrogen and oxygen atoms in total. The zero-order chi connectivity index (χ0) is 26.3. The van der Waals surface area contributed by atoms with Crippen LogP contribution >= 0.6 is 0 Å². The van der Waals surface area contributed by atoms with Crippen LogP contribution in [0.25, 0.3) is 33.3 Å². The summed E-state index contributed by atoms with van der Waals surface area (Å²) in [6.45, 7) is 0. The van der Waals surface area contributed by atoms with E-state index in [9.17, 15) is 4.39 Å². The number of halogens is 1. The number of nitrogens with zero attached hydrogens (tertiary/aromatic N) is 2. The monoisotopic (exact) mass is 510 g/mol. The predicted octanol–water partition coefficient (Wildman–Crippen LogP) is 9.29. The van der Waals surface area contributed by atoms with Gasteiger partial charge in [0, 0.05) is 10.9 Å². The van der Waals surface area contributed by atoms with Crippen LogP contribution in [0.3, 0.4) is 0 Å². The van der Waals surface area contributed by atoms with Crippen LogP contribution in [0.2, 0.25) is 0 Å². The third kappa shape index (κ3) is 3.96.